The Hall–Kier alpha value is -2.06. The summed E-state index contributed by atoms with van der Waals surface area (Å²) in [6.45, 7) is 2.34. The molecule has 0 spiro atoms. The number of ether oxygens (including phenoxy) is 1. The van der Waals surface area contributed by atoms with Crippen molar-refractivity contribution >= 4 is 39.3 Å². The van der Waals surface area contributed by atoms with E-state index in [0.717, 1.165) is 5.56 Å². The summed E-state index contributed by atoms with van der Waals surface area (Å²) in [6, 6.07) is 3.60. The monoisotopic (exact) mass is 350 g/mol. The molecule has 0 saturated heterocycles. The summed E-state index contributed by atoms with van der Waals surface area (Å²) < 4.78 is 11.6. The van der Waals surface area contributed by atoms with Gasteiger partial charge in [-0.1, -0.05) is 11.8 Å². The molecule has 0 aromatic carbocycles. The SMILES string of the molecule is CCn1c(SCC(=O)OC)nc2scc(-c3ccco3)c2c1=O. The predicted octanol–water partition coefficient (Wildman–Crippen LogP) is 3.00. The topological polar surface area (TPSA) is 74.3 Å². The van der Waals surface area contributed by atoms with Crippen LogP contribution in [0, 0.1) is 0 Å². The van der Waals surface area contributed by atoms with Gasteiger partial charge in [0.1, 0.15) is 10.6 Å². The number of aromatic nitrogens is 2. The van der Waals surface area contributed by atoms with Crippen molar-refractivity contribution in [1.29, 1.82) is 0 Å². The summed E-state index contributed by atoms with van der Waals surface area (Å²) in [5, 5.41) is 2.93. The molecule has 3 aromatic heterocycles. The van der Waals surface area contributed by atoms with Crippen LogP contribution >= 0.6 is 23.1 Å². The Morgan fingerprint density at radius 1 is 1.52 bits per heavy atom. The lowest BCUT2D eigenvalue weighted by Crippen LogP contribution is -2.22. The molecule has 0 atom stereocenters. The minimum absolute atomic E-state index is 0.116. The Bertz CT molecular complexity index is 896. The fourth-order valence-corrected chi connectivity index (χ4v) is 4.05. The van der Waals surface area contributed by atoms with Gasteiger partial charge in [0.15, 0.2) is 5.16 Å². The highest BCUT2D eigenvalue weighted by Crippen LogP contribution is 2.32. The summed E-state index contributed by atoms with van der Waals surface area (Å²) in [7, 11) is 1.33. The normalized spacial score (nSPS) is 11.0. The van der Waals surface area contributed by atoms with Crippen molar-refractivity contribution in [3.63, 3.8) is 0 Å². The number of esters is 1. The molecule has 8 heteroatoms. The van der Waals surface area contributed by atoms with Crippen molar-refractivity contribution in [3.8, 4) is 11.3 Å². The summed E-state index contributed by atoms with van der Waals surface area (Å²) in [6.07, 6.45) is 1.57. The van der Waals surface area contributed by atoms with Crippen molar-refractivity contribution in [2.75, 3.05) is 12.9 Å². The number of hydrogen-bond donors (Lipinski definition) is 0. The van der Waals surface area contributed by atoms with Crippen LogP contribution in [0.1, 0.15) is 6.92 Å². The van der Waals surface area contributed by atoms with E-state index < -0.39 is 0 Å². The minimum atomic E-state index is -0.352. The molecule has 23 heavy (non-hydrogen) atoms. The quantitative estimate of drug-likeness (QED) is 0.400. The average Bonchev–Trinajstić information content (AvgIpc) is 3.21. The van der Waals surface area contributed by atoms with E-state index in [1.165, 1.54) is 30.2 Å². The van der Waals surface area contributed by atoms with Crippen molar-refractivity contribution in [3.05, 3.63) is 34.1 Å². The maximum atomic E-state index is 12.8. The average molecular weight is 350 g/mol. The first-order valence-electron chi connectivity index (χ1n) is 6.91. The van der Waals surface area contributed by atoms with Crippen molar-refractivity contribution in [2.45, 2.75) is 18.6 Å². The minimum Gasteiger partial charge on any atom is -0.468 e. The van der Waals surface area contributed by atoms with Gasteiger partial charge in [0.05, 0.1) is 24.5 Å². The molecule has 0 saturated carbocycles. The van der Waals surface area contributed by atoms with Crippen molar-refractivity contribution in [2.24, 2.45) is 0 Å². The zero-order valence-electron chi connectivity index (χ0n) is 12.6. The van der Waals surface area contributed by atoms with E-state index in [1.54, 1.807) is 16.9 Å². The number of thioether (sulfide) groups is 1. The van der Waals surface area contributed by atoms with E-state index in [1.807, 2.05) is 18.4 Å². The molecule has 3 heterocycles. The Morgan fingerprint density at radius 2 is 2.35 bits per heavy atom. The van der Waals surface area contributed by atoms with Crippen LogP contribution in [0.4, 0.5) is 0 Å². The fourth-order valence-electron chi connectivity index (χ4n) is 2.19. The molecule has 120 valence electrons. The van der Waals surface area contributed by atoms with E-state index in [4.69, 9.17) is 4.42 Å². The standard InChI is InChI=1S/C15H14N2O4S2/c1-3-17-14(19)12-9(10-5-4-6-21-10)7-22-13(12)16-15(17)23-8-11(18)20-2/h4-7H,3,8H2,1-2H3. The molecule has 0 aliphatic heterocycles. The number of rotatable bonds is 5. The third-order valence-electron chi connectivity index (χ3n) is 3.31. The fraction of sp³-hybridized carbons (Fsp3) is 0.267. The van der Waals surface area contributed by atoms with Crippen LogP contribution < -0.4 is 5.56 Å². The van der Waals surface area contributed by atoms with Gasteiger partial charge in [-0.15, -0.1) is 11.3 Å². The Kier molecular flexibility index (Phi) is 4.53. The van der Waals surface area contributed by atoms with Crippen LogP contribution in [0.15, 0.2) is 38.1 Å². The molecule has 6 nitrogen and oxygen atoms in total. The summed E-state index contributed by atoms with van der Waals surface area (Å²) >= 11 is 2.59. The van der Waals surface area contributed by atoms with Crippen molar-refractivity contribution < 1.29 is 13.9 Å². The highest BCUT2D eigenvalue weighted by Gasteiger charge is 2.18. The lowest BCUT2D eigenvalue weighted by molar-refractivity contribution is -0.137. The molecule has 0 bridgehead atoms. The highest BCUT2D eigenvalue weighted by atomic mass is 32.2. The van der Waals surface area contributed by atoms with Gasteiger partial charge in [0.25, 0.3) is 5.56 Å². The highest BCUT2D eigenvalue weighted by molar-refractivity contribution is 7.99. The molecule has 0 aliphatic rings. The van der Waals surface area contributed by atoms with E-state index in [2.05, 4.69) is 9.72 Å². The summed E-state index contributed by atoms with van der Waals surface area (Å²) in [4.78, 5) is 29.3. The second-order valence-corrected chi connectivity index (χ2v) is 6.42. The smallest absolute Gasteiger partial charge is 0.316 e. The number of carbonyl (C=O) groups excluding carboxylic acids is 1. The second kappa shape index (κ2) is 6.59. The Balaban J connectivity index is 2.11. The predicted molar refractivity (Wildman–Crippen MR) is 90.0 cm³/mol. The molecule has 0 aliphatic carbocycles. The maximum absolute atomic E-state index is 12.8. The van der Waals surface area contributed by atoms with Crippen LogP contribution in [0.2, 0.25) is 0 Å². The number of nitrogens with zero attached hydrogens (tertiary/aromatic N) is 2. The molecule has 0 fully saturated rings. The van der Waals surface area contributed by atoms with E-state index in [-0.39, 0.29) is 17.3 Å². The first-order valence-corrected chi connectivity index (χ1v) is 8.77. The van der Waals surface area contributed by atoms with E-state index >= 15 is 0 Å². The Morgan fingerprint density at radius 3 is 3.00 bits per heavy atom. The lowest BCUT2D eigenvalue weighted by Gasteiger charge is -2.09. The maximum Gasteiger partial charge on any atom is 0.316 e. The summed E-state index contributed by atoms with van der Waals surface area (Å²) in [5.41, 5.74) is 0.622. The largest absolute Gasteiger partial charge is 0.468 e. The van der Waals surface area contributed by atoms with E-state index in [0.29, 0.717) is 27.7 Å². The zero-order valence-corrected chi connectivity index (χ0v) is 14.2. The molecular weight excluding hydrogens is 336 g/mol. The van der Waals surface area contributed by atoms with Gasteiger partial charge in [0, 0.05) is 17.5 Å². The number of fused-ring (bicyclic) bond motifs is 1. The number of carbonyl (C=O) groups is 1. The van der Waals surface area contributed by atoms with E-state index in [9.17, 15) is 9.59 Å². The molecule has 0 radical (unpaired) electrons. The van der Waals surface area contributed by atoms with Gasteiger partial charge in [-0.05, 0) is 19.1 Å². The van der Waals surface area contributed by atoms with Gasteiger partial charge in [-0.3, -0.25) is 14.2 Å². The second-order valence-electron chi connectivity index (χ2n) is 4.62. The first-order chi connectivity index (χ1) is 11.2. The van der Waals surface area contributed by atoms with Crippen LogP contribution in [-0.2, 0) is 16.1 Å². The zero-order chi connectivity index (χ0) is 16.4. The molecule has 0 N–H and O–H groups in total. The van der Waals surface area contributed by atoms with Gasteiger partial charge in [0.2, 0.25) is 0 Å². The van der Waals surface area contributed by atoms with Crippen LogP contribution in [0.25, 0.3) is 21.5 Å². The number of thiophene rings is 1. The van der Waals surface area contributed by atoms with Gasteiger partial charge in [-0.25, -0.2) is 4.98 Å². The third-order valence-corrected chi connectivity index (χ3v) is 5.13. The van der Waals surface area contributed by atoms with Crippen LogP contribution in [0.5, 0.6) is 0 Å². The van der Waals surface area contributed by atoms with Crippen LogP contribution in [0.3, 0.4) is 0 Å². The van der Waals surface area contributed by atoms with Gasteiger partial charge >= 0.3 is 5.97 Å². The van der Waals surface area contributed by atoms with Crippen LogP contribution in [-0.4, -0.2) is 28.4 Å². The number of furan rings is 1. The van der Waals surface area contributed by atoms with Gasteiger partial charge in [-0.2, -0.15) is 0 Å². The first kappa shape index (κ1) is 15.8. The molecule has 3 aromatic rings. The third kappa shape index (κ3) is 2.91. The number of methoxy groups -OCH3 is 1. The summed E-state index contributed by atoms with van der Waals surface area (Å²) in [5.74, 6) is 0.410. The molecule has 3 rings (SSSR count). The van der Waals surface area contributed by atoms with Gasteiger partial charge < -0.3 is 9.15 Å². The Labute approximate surface area is 140 Å². The van der Waals surface area contributed by atoms with Crippen molar-refractivity contribution in [1.82, 2.24) is 9.55 Å². The number of hydrogen-bond acceptors (Lipinski definition) is 7. The molecule has 0 amide bonds. The lowest BCUT2D eigenvalue weighted by atomic mass is 10.2. The molecule has 0 unspecified atom stereocenters. The molecular formula is C15H14N2O4S2.